The van der Waals surface area contributed by atoms with Crippen LogP contribution in [0.25, 0.3) is 0 Å². The fraction of sp³-hybridized carbons (Fsp3) is 0.652. The minimum atomic E-state index is 0.154. The summed E-state index contributed by atoms with van der Waals surface area (Å²) in [5, 5.41) is 0.782. The number of carbonyl (C=O) groups excluding carboxylic acids is 2. The molecule has 5 nitrogen and oxygen atoms in total. The summed E-state index contributed by atoms with van der Waals surface area (Å²) in [5.74, 6) is 0.886. The van der Waals surface area contributed by atoms with Gasteiger partial charge in [0.05, 0.1) is 0 Å². The van der Waals surface area contributed by atoms with Crippen LogP contribution in [-0.4, -0.2) is 72.8 Å². The predicted molar refractivity (Wildman–Crippen MR) is 117 cm³/mol. The van der Waals surface area contributed by atoms with Gasteiger partial charge in [0.1, 0.15) is 0 Å². The summed E-state index contributed by atoms with van der Waals surface area (Å²) < 4.78 is 0. The molecule has 1 atom stereocenters. The molecule has 0 bridgehead atoms. The summed E-state index contributed by atoms with van der Waals surface area (Å²) in [6, 6.07) is 8.11. The van der Waals surface area contributed by atoms with Gasteiger partial charge < -0.3 is 14.7 Å². The first kappa shape index (κ1) is 22.1. The highest BCUT2D eigenvalue weighted by Gasteiger charge is 2.24. The number of rotatable bonds is 8. The maximum atomic E-state index is 12.5. The minimum Gasteiger partial charge on any atom is -0.345 e. The number of nitrogens with zero attached hydrogens (tertiary/aromatic N) is 3. The lowest BCUT2D eigenvalue weighted by Gasteiger charge is -2.35. The number of hydrogen-bond donors (Lipinski definition) is 0. The summed E-state index contributed by atoms with van der Waals surface area (Å²) >= 11 is 5.97. The Morgan fingerprint density at radius 1 is 1.14 bits per heavy atom. The molecule has 160 valence electrons. The molecule has 0 radical (unpaired) electrons. The van der Waals surface area contributed by atoms with Crippen LogP contribution in [-0.2, 0) is 16.0 Å². The van der Waals surface area contributed by atoms with Gasteiger partial charge in [-0.2, -0.15) is 0 Å². The van der Waals surface area contributed by atoms with Gasteiger partial charge in [-0.15, -0.1) is 0 Å². The van der Waals surface area contributed by atoms with E-state index in [-0.39, 0.29) is 11.8 Å². The van der Waals surface area contributed by atoms with Crippen molar-refractivity contribution in [1.82, 2.24) is 14.7 Å². The van der Waals surface area contributed by atoms with Crippen molar-refractivity contribution in [3.05, 3.63) is 34.9 Å². The van der Waals surface area contributed by atoms with Gasteiger partial charge in [0.2, 0.25) is 11.8 Å². The quantitative estimate of drug-likeness (QED) is 0.648. The van der Waals surface area contributed by atoms with Crippen LogP contribution in [0.2, 0.25) is 5.02 Å². The highest BCUT2D eigenvalue weighted by Crippen LogP contribution is 2.19. The van der Waals surface area contributed by atoms with Crippen molar-refractivity contribution in [2.45, 2.75) is 44.9 Å². The van der Waals surface area contributed by atoms with E-state index in [9.17, 15) is 9.59 Å². The summed E-state index contributed by atoms with van der Waals surface area (Å²) in [6.07, 6.45) is 6.52. The molecule has 0 saturated carbocycles. The summed E-state index contributed by atoms with van der Waals surface area (Å²) in [5.41, 5.74) is 1.32. The molecule has 3 rings (SSSR count). The normalized spacial score (nSPS) is 20.7. The average Bonchev–Trinajstić information content (AvgIpc) is 2.73. The standard InChI is InChI=1S/C23H34ClN3O2/c1-25(22(28)12-16-27-14-3-2-6-23(27)29)17-20-5-4-13-26(18-20)15-11-19-7-9-21(24)10-8-19/h7-10,20H,2-6,11-18H2,1H3/t20-/m1/s1. The molecule has 2 saturated heterocycles. The molecule has 0 aliphatic carbocycles. The van der Waals surface area contributed by atoms with Crippen molar-refractivity contribution in [1.29, 1.82) is 0 Å². The number of halogens is 1. The van der Waals surface area contributed by atoms with E-state index in [4.69, 9.17) is 11.6 Å². The monoisotopic (exact) mass is 419 g/mol. The number of carbonyl (C=O) groups is 2. The van der Waals surface area contributed by atoms with Gasteiger partial charge in [0.15, 0.2) is 0 Å². The van der Waals surface area contributed by atoms with Gasteiger partial charge in [-0.05, 0) is 62.3 Å². The van der Waals surface area contributed by atoms with Crippen LogP contribution in [0.3, 0.4) is 0 Å². The topological polar surface area (TPSA) is 43.9 Å². The zero-order valence-corrected chi connectivity index (χ0v) is 18.4. The van der Waals surface area contributed by atoms with E-state index in [0.29, 0.717) is 25.3 Å². The van der Waals surface area contributed by atoms with Crippen LogP contribution in [0.15, 0.2) is 24.3 Å². The van der Waals surface area contributed by atoms with Gasteiger partial charge in [0.25, 0.3) is 0 Å². The first-order chi connectivity index (χ1) is 14.0. The molecule has 2 fully saturated rings. The summed E-state index contributed by atoms with van der Waals surface area (Å²) in [7, 11) is 1.91. The second kappa shape index (κ2) is 11.0. The van der Waals surface area contributed by atoms with Crippen molar-refractivity contribution >= 4 is 23.4 Å². The molecule has 2 amide bonds. The molecule has 29 heavy (non-hydrogen) atoms. The molecule has 0 spiro atoms. The van der Waals surface area contributed by atoms with Gasteiger partial charge in [0, 0.05) is 57.6 Å². The lowest BCUT2D eigenvalue weighted by Crippen LogP contribution is -2.43. The second-order valence-electron chi connectivity index (χ2n) is 8.55. The van der Waals surface area contributed by atoms with Crippen molar-refractivity contribution < 1.29 is 9.59 Å². The third-order valence-electron chi connectivity index (χ3n) is 6.21. The van der Waals surface area contributed by atoms with Crippen LogP contribution < -0.4 is 0 Å². The van der Waals surface area contributed by atoms with E-state index >= 15 is 0 Å². The van der Waals surface area contributed by atoms with Crippen molar-refractivity contribution in [2.24, 2.45) is 5.92 Å². The Bertz CT molecular complexity index is 679. The molecule has 1 aromatic carbocycles. The molecule has 2 heterocycles. The summed E-state index contributed by atoms with van der Waals surface area (Å²) in [6.45, 7) is 5.42. The molecular formula is C23H34ClN3O2. The van der Waals surface area contributed by atoms with Crippen molar-refractivity contribution in [3.63, 3.8) is 0 Å². The Hall–Kier alpha value is -1.59. The fourth-order valence-electron chi connectivity index (χ4n) is 4.45. The van der Waals surface area contributed by atoms with Crippen LogP contribution in [0, 0.1) is 5.92 Å². The molecule has 0 N–H and O–H groups in total. The van der Waals surface area contributed by atoms with Gasteiger partial charge in [-0.25, -0.2) is 0 Å². The van der Waals surface area contributed by atoms with Crippen molar-refractivity contribution in [2.75, 3.05) is 46.3 Å². The van der Waals surface area contributed by atoms with Gasteiger partial charge in [-0.1, -0.05) is 23.7 Å². The molecule has 0 aromatic heterocycles. The predicted octanol–water partition coefficient (Wildman–Crippen LogP) is 3.46. The zero-order chi connectivity index (χ0) is 20.6. The zero-order valence-electron chi connectivity index (χ0n) is 17.6. The number of likely N-dealkylation sites (tertiary alicyclic amines) is 2. The van der Waals surface area contributed by atoms with Crippen molar-refractivity contribution in [3.8, 4) is 0 Å². The third-order valence-corrected chi connectivity index (χ3v) is 6.46. The Balaban J connectivity index is 1.38. The van der Waals surface area contributed by atoms with Crippen LogP contribution >= 0.6 is 11.6 Å². The largest absolute Gasteiger partial charge is 0.345 e. The van der Waals surface area contributed by atoms with Gasteiger partial charge in [-0.3, -0.25) is 9.59 Å². The number of amides is 2. The Kier molecular flexibility index (Phi) is 8.37. The molecule has 0 unspecified atom stereocenters. The first-order valence-electron chi connectivity index (χ1n) is 11.0. The SMILES string of the molecule is CN(C[C@H]1CCCN(CCc2ccc(Cl)cc2)C1)C(=O)CCN1CCCCC1=O. The van der Waals surface area contributed by atoms with E-state index in [1.165, 1.54) is 18.4 Å². The van der Waals surface area contributed by atoms with E-state index in [1.54, 1.807) is 0 Å². The van der Waals surface area contributed by atoms with E-state index < -0.39 is 0 Å². The first-order valence-corrected chi connectivity index (χ1v) is 11.4. The number of piperidine rings is 2. The third kappa shape index (κ3) is 7.00. The Morgan fingerprint density at radius 3 is 2.69 bits per heavy atom. The van der Waals surface area contributed by atoms with E-state index in [0.717, 1.165) is 57.0 Å². The molecule has 1 aromatic rings. The average molecular weight is 420 g/mol. The summed E-state index contributed by atoms with van der Waals surface area (Å²) in [4.78, 5) is 30.7. The molecule has 2 aliphatic rings. The van der Waals surface area contributed by atoms with E-state index in [1.807, 2.05) is 29.0 Å². The lowest BCUT2D eigenvalue weighted by atomic mass is 9.97. The highest BCUT2D eigenvalue weighted by atomic mass is 35.5. The van der Waals surface area contributed by atoms with Crippen LogP contribution in [0.5, 0.6) is 0 Å². The maximum absolute atomic E-state index is 12.5. The smallest absolute Gasteiger partial charge is 0.224 e. The Labute approximate surface area is 180 Å². The minimum absolute atomic E-state index is 0.154. The molecule has 6 heteroatoms. The van der Waals surface area contributed by atoms with Gasteiger partial charge >= 0.3 is 0 Å². The van der Waals surface area contributed by atoms with Crippen LogP contribution in [0.4, 0.5) is 0 Å². The molecular weight excluding hydrogens is 386 g/mol. The number of hydrogen-bond acceptors (Lipinski definition) is 3. The Morgan fingerprint density at radius 2 is 1.93 bits per heavy atom. The van der Waals surface area contributed by atoms with Crippen LogP contribution in [0.1, 0.15) is 44.1 Å². The maximum Gasteiger partial charge on any atom is 0.224 e. The highest BCUT2D eigenvalue weighted by molar-refractivity contribution is 6.30. The van der Waals surface area contributed by atoms with E-state index in [2.05, 4.69) is 17.0 Å². The second-order valence-corrected chi connectivity index (χ2v) is 8.98. The molecule has 2 aliphatic heterocycles. The number of benzene rings is 1. The fourth-order valence-corrected chi connectivity index (χ4v) is 4.58. The lowest BCUT2D eigenvalue weighted by molar-refractivity contribution is -0.135.